The first kappa shape index (κ1) is 11.4. The van der Waals surface area contributed by atoms with Gasteiger partial charge < -0.3 is 15.7 Å². The molecule has 1 heterocycles. The lowest BCUT2D eigenvalue weighted by atomic mass is 10.1. The zero-order valence-electron chi connectivity index (χ0n) is 9.26. The number of nitrogens with zero attached hydrogens (tertiary/aromatic N) is 1. The third-order valence-electron chi connectivity index (χ3n) is 3.68. The molecule has 1 aliphatic heterocycles. The molecule has 2 rings (SSSR count). The van der Waals surface area contributed by atoms with Crippen LogP contribution < -0.4 is 5.73 Å². The predicted octanol–water partition coefficient (Wildman–Crippen LogP) is 0.189. The Bertz CT molecular complexity index is 306. The maximum absolute atomic E-state index is 12.0. The van der Waals surface area contributed by atoms with Gasteiger partial charge in [-0.15, -0.1) is 0 Å². The van der Waals surface area contributed by atoms with Crippen LogP contribution in [0.5, 0.6) is 0 Å². The number of carbonyl (C=O) groups excluding carboxylic acids is 1. The first-order valence-electron chi connectivity index (χ1n) is 5.85. The van der Waals surface area contributed by atoms with Crippen LogP contribution in [0.4, 0.5) is 0 Å². The number of nitrogens with two attached hydrogens (primary N) is 1. The van der Waals surface area contributed by atoms with Crippen molar-refractivity contribution in [2.45, 2.75) is 44.2 Å². The van der Waals surface area contributed by atoms with Crippen LogP contribution in [-0.2, 0) is 9.59 Å². The van der Waals surface area contributed by atoms with Crippen molar-refractivity contribution in [2.75, 3.05) is 6.54 Å². The molecule has 16 heavy (non-hydrogen) atoms. The van der Waals surface area contributed by atoms with E-state index >= 15 is 0 Å². The molecule has 1 saturated carbocycles. The molecular formula is C11H18N2O3. The van der Waals surface area contributed by atoms with E-state index in [1.165, 1.54) is 6.42 Å². The fourth-order valence-corrected chi connectivity index (χ4v) is 2.81. The van der Waals surface area contributed by atoms with Crippen LogP contribution in [-0.4, -0.2) is 40.5 Å². The van der Waals surface area contributed by atoms with Gasteiger partial charge in [-0.05, 0) is 31.6 Å². The topological polar surface area (TPSA) is 83.6 Å². The van der Waals surface area contributed by atoms with Crippen molar-refractivity contribution < 1.29 is 14.7 Å². The Morgan fingerprint density at radius 3 is 2.69 bits per heavy atom. The summed E-state index contributed by atoms with van der Waals surface area (Å²) in [4.78, 5) is 24.2. The Morgan fingerprint density at radius 2 is 2.19 bits per heavy atom. The minimum Gasteiger partial charge on any atom is -0.481 e. The van der Waals surface area contributed by atoms with Gasteiger partial charge in [0.15, 0.2) is 0 Å². The zero-order chi connectivity index (χ0) is 11.7. The summed E-state index contributed by atoms with van der Waals surface area (Å²) in [5.41, 5.74) is 5.72. The molecule has 1 amide bonds. The highest BCUT2D eigenvalue weighted by atomic mass is 16.4. The maximum atomic E-state index is 12.0. The summed E-state index contributed by atoms with van der Waals surface area (Å²) in [5.74, 6) is -0.305. The summed E-state index contributed by atoms with van der Waals surface area (Å²) in [7, 11) is 0. The van der Waals surface area contributed by atoms with Gasteiger partial charge >= 0.3 is 5.97 Å². The van der Waals surface area contributed by atoms with Gasteiger partial charge in [-0.25, -0.2) is 0 Å². The smallest absolute Gasteiger partial charge is 0.303 e. The Labute approximate surface area is 94.6 Å². The molecule has 3 unspecified atom stereocenters. The van der Waals surface area contributed by atoms with Crippen LogP contribution in [0.25, 0.3) is 0 Å². The highest BCUT2D eigenvalue weighted by molar-refractivity contribution is 5.83. The summed E-state index contributed by atoms with van der Waals surface area (Å²) in [5, 5.41) is 8.53. The number of piperidine rings is 1. The molecule has 90 valence electrons. The first-order valence-corrected chi connectivity index (χ1v) is 5.85. The summed E-state index contributed by atoms with van der Waals surface area (Å²) in [6.07, 6.45) is 3.62. The molecule has 0 aromatic heterocycles. The number of fused-ring (bicyclic) bond motifs is 2. The van der Waals surface area contributed by atoms with Gasteiger partial charge in [-0.1, -0.05) is 0 Å². The van der Waals surface area contributed by atoms with E-state index in [9.17, 15) is 9.59 Å². The number of carboxylic acid groups (broad SMARTS) is 1. The number of likely N-dealkylation sites (tertiary alicyclic amines) is 1. The van der Waals surface area contributed by atoms with Gasteiger partial charge in [0, 0.05) is 19.0 Å². The minimum atomic E-state index is -0.897. The van der Waals surface area contributed by atoms with Crippen molar-refractivity contribution in [3.63, 3.8) is 0 Å². The second-order valence-corrected chi connectivity index (χ2v) is 4.86. The fraction of sp³-hybridized carbons (Fsp3) is 0.818. The summed E-state index contributed by atoms with van der Waals surface area (Å²) >= 11 is 0. The van der Waals surface area contributed by atoms with E-state index in [-0.39, 0.29) is 18.7 Å². The molecule has 5 nitrogen and oxygen atoms in total. The second kappa shape index (κ2) is 4.41. The van der Waals surface area contributed by atoms with Gasteiger partial charge in [-0.2, -0.15) is 0 Å². The molecule has 5 heteroatoms. The third-order valence-corrected chi connectivity index (χ3v) is 3.68. The van der Waals surface area contributed by atoms with Gasteiger partial charge in [-0.3, -0.25) is 9.59 Å². The third kappa shape index (κ3) is 2.19. The van der Waals surface area contributed by atoms with Crippen LogP contribution in [0.1, 0.15) is 32.1 Å². The van der Waals surface area contributed by atoms with E-state index in [2.05, 4.69) is 0 Å². The monoisotopic (exact) mass is 226 g/mol. The highest BCUT2D eigenvalue weighted by Crippen LogP contribution is 2.37. The Hall–Kier alpha value is -1.10. The van der Waals surface area contributed by atoms with E-state index in [1.807, 2.05) is 4.90 Å². The van der Waals surface area contributed by atoms with E-state index in [0.717, 1.165) is 19.4 Å². The Kier molecular flexibility index (Phi) is 3.14. The van der Waals surface area contributed by atoms with Crippen LogP contribution in [0, 0.1) is 5.92 Å². The van der Waals surface area contributed by atoms with Crippen LogP contribution in [0.3, 0.4) is 0 Å². The Balaban J connectivity index is 1.85. The fourth-order valence-electron chi connectivity index (χ4n) is 2.81. The van der Waals surface area contributed by atoms with E-state index < -0.39 is 12.0 Å². The zero-order valence-corrected chi connectivity index (χ0v) is 9.26. The normalized spacial score (nSPS) is 29.4. The van der Waals surface area contributed by atoms with Crippen molar-refractivity contribution in [1.29, 1.82) is 0 Å². The molecule has 0 aromatic carbocycles. The molecule has 0 aromatic rings. The number of rotatable bonds is 4. The standard InChI is InChI=1S/C11H18N2O3/c12-9(3-4-10(14)15)11(16)13-6-7-1-2-8(13)5-7/h7-9H,1-6,12H2,(H,14,15). The number of aliphatic carboxylic acids is 1. The molecule has 2 fully saturated rings. The number of hydrogen-bond acceptors (Lipinski definition) is 3. The maximum Gasteiger partial charge on any atom is 0.303 e. The largest absolute Gasteiger partial charge is 0.481 e. The second-order valence-electron chi connectivity index (χ2n) is 4.86. The lowest BCUT2D eigenvalue weighted by molar-refractivity contribution is -0.138. The van der Waals surface area contributed by atoms with E-state index in [0.29, 0.717) is 12.0 Å². The lowest BCUT2D eigenvalue weighted by Crippen LogP contribution is -2.47. The average Bonchev–Trinajstić information content (AvgIpc) is 2.86. The van der Waals surface area contributed by atoms with Crippen LogP contribution >= 0.6 is 0 Å². The van der Waals surface area contributed by atoms with E-state index in [1.54, 1.807) is 0 Å². The van der Waals surface area contributed by atoms with Gasteiger partial charge in [0.2, 0.25) is 5.91 Å². The SMILES string of the molecule is NC(CCC(=O)O)C(=O)N1CC2CCC1C2. The van der Waals surface area contributed by atoms with Crippen molar-refractivity contribution in [3.05, 3.63) is 0 Å². The van der Waals surface area contributed by atoms with Crippen LogP contribution in [0.2, 0.25) is 0 Å². The number of carbonyl (C=O) groups is 2. The van der Waals surface area contributed by atoms with E-state index in [4.69, 9.17) is 10.8 Å². The highest BCUT2D eigenvalue weighted by Gasteiger charge is 2.41. The molecule has 3 atom stereocenters. The summed E-state index contributed by atoms with van der Waals surface area (Å²) < 4.78 is 0. The van der Waals surface area contributed by atoms with Crippen molar-refractivity contribution in [2.24, 2.45) is 11.7 Å². The molecule has 2 aliphatic rings. The van der Waals surface area contributed by atoms with Crippen molar-refractivity contribution >= 4 is 11.9 Å². The molecule has 1 saturated heterocycles. The predicted molar refractivity (Wildman–Crippen MR) is 57.7 cm³/mol. The lowest BCUT2D eigenvalue weighted by Gasteiger charge is -2.29. The Morgan fingerprint density at radius 1 is 1.44 bits per heavy atom. The average molecular weight is 226 g/mol. The molecule has 0 spiro atoms. The van der Waals surface area contributed by atoms with Gasteiger partial charge in [0.05, 0.1) is 6.04 Å². The van der Waals surface area contributed by atoms with Gasteiger partial charge in [0.25, 0.3) is 0 Å². The summed E-state index contributed by atoms with van der Waals surface area (Å²) in [6.45, 7) is 0.824. The quantitative estimate of drug-likeness (QED) is 0.716. The molecular weight excluding hydrogens is 208 g/mol. The number of amides is 1. The number of hydrogen-bond donors (Lipinski definition) is 2. The molecule has 1 aliphatic carbocycles. The molecule has 3 N–H and O–H groups in total. The summed E-state index contributed by atoms with van der Waals surface area (Å²) in [6, 6.07) is -0.274. The minimum absolute atomic E-state index is 0.0329. The van der Waals surface area contributed by atoms with Crippen molar-refractivity contribution in [3.8, 4) is 0 Å². The molecule has 0 radical (unpaired) electrons. The van der Waals surface area contributed by atoms with Crippen LogP contribution in [0.15, 0.2) is 0 Å². The van der Waals surface area contributed by atoms with Gasteiger partial charge in [0.1, 0.15) is 0 Å². The number of carboxylic acids is 1. The van der Waals surface area contributed by atoms with Crippen molar-refractivity contribution in [1.82, 2.24) is 4.90 Å². The first-order chi connectivity index (χ1) is 7.58. The molecule has 2 bridgehead atoms.